The van der Waals surface area contributed by atoms with Crippen LogP contribution in [0, 0.1) is 17.0 Å². The normalized spacial score (nSPS) is 10.5. The summed E-state index contributed by atoms with van der Waals surface area (Å²) in [6, 6.07) is 13.7. The summed E-state index contributed by atoms with van der Waals surface area (Å²) in [5.74, 6) is -0.363. The first-order valence-electron chi connectivity index (χ1n) is 7.24. The standard InChI is InChI=1S/C17H12BrN3O3S/c1-10-19-15(16(25-10)11-5-3-2-4-6-11)17(22)20-14-8-7-12(21(23)24)9-13(14)18/h2-9H,1H3,(H,20,22). The smallest absolute Gasteiger partial charge is 0.275 e. The van der Waals surface area contributed by atoms with Crippen LogP contribution in [-0.4, -0.2) is 15.8 Å². The molecule has 0 radical (unpaired) electrons. The predicted octanol–water partition coefficient (Wildman–Crippen LogP) is 5.04. The zero-order valence-corrected chi connectivity index (χ0v) is 15.4. The van der Waals surface area contributed by atoms with Crippen molar-refractivity contribution in [2.24, 2.45) is 0 Å². The Morgan fingerprint density at radius 1 is 1.24 bits per heavy atom. The molecule has 0 atom stereocenters. The Balaban J connectivity index is 1.91. The third-order valence-electron chi connectivity index (χ3n) is 3.40. The topological polar surface area (TPSA) is 85.1 Å². The third kappa shape index (κ3) is 3.75. The second-order valence-electron chi connectivity index (χ2n) is 5.15. The molecule has 3 aromatic rings. The Kier molecular flexibility index (Phi) is 4.91. The third-order valence-corrected chi connectivity index (χ3v) is 5.07. The van der Waals surface area contributed by atoms with Crippen molar-refractivity contribution in [3.05, 3.63) is 73.8 Å². The van der Waals surface area contributed by atoms with Crippen molar-refractivity contribution in [2.45, 2.75) is 6.92 Å². The number of benzene rings is 2. The average molecular weight is 418 g/mol. The molecule has 0 saturated heterocycles. The van der Waals surface area contributed by atoms with Crippen LogP contribution in [0.1, 0.15) is 15.5 Å². The summed E-state index contributed by atoms with van der Waals surface area (Å²) in [5, 5.41) is 14.3. The number of rotatable bonds is 4. The summed E-state index contributed by atoms with van der Waals surface area (Å²) in [7, 11) is 0. The van der Waals surface area contributed by atoms with Crippen LogP contribution < -0.4 is 5.32 Å². The lowest BCUT2D eigenvalue weighted by atomic mass is 10.1. The fourth-order valence-corrected chi connectivity index (χ4v) is 3.65. The fourth-order valence-electron chi connectivity index (χ4n) is 2.27. The summed E-state index contributed by atoms with van der Waals surface area (Å²) < 4.78 is 0.434. The fraction of sp³-hybridized carbons (Fsp3) is 0.0588. The number of non-ortho nitro benzene ring substituents is 1. The highest BCUT2D eigenvalue weighted by atomic mass is 79.9. The van der Waals surface area contributed by atoms with Gasteiger partial charge in [0.05, 0.1) is 20.5 Å². The first-order chi connectivity index (χ1) is 12.0. The lowest BCUT2D eigenvalue weighted by molar-refractivity contribution is -0.384. The van der Waals surface area contributed by atoms with Crippen LogP contribution in [0.15, 0.2) is 53.0 Å². The van der Waals surface area contributed by atoms with E-state index in [4.69, 9.17) is 0 Å². The second-order valence-corrected chi connectivity index (χ2v) is 7.21. The number of thiazole rings is 1. The minimum atomic E-state index is -0.492. The SMILES string of the molecule is Cc1nc(C(=O)Nc2ccc([N+](=O)[O-])cc2Br)c(-c2ccccc2)s1. The number of aryl methyl sites for hydroxylation is 1. The van der Waals surface area contributed by atoms with Gasteiger partial charge in [0.25, 0.3) is 11.6 Å². The second kappa shape index (κ2) is 7.12. The van der Waals surface area contributed by atoms with Crippen LogP contribution in [0.2, 0.25) is 0 Å². The number of hydrogen-bond acceptors (Lipinski definition) is 5. The van der Waals surface area contributed by atoms with E-state index < -0.39 is 4.92 Å². The molecule has 0 aliphatic heterocycles. The van der Waals surface area contributed by atoms with Gasteiger partial charge >= 0.3 is 0 Å². The molecule has 1 heterocycles. The van der Waals surface area contributed by atoms with Crippen LogP contribution in [0.5, 0.6) is 0 Å². The molecule has 8 heteroatoms. The van der Waals surface area contributed by atoms with E-state index in [9.17, 15) is 14.9 Å². The van der Waals surface area contributed by atoms with Crippen LogP contribution in [-0.2, 0) is 0 Å². The molecule has 1 aromatic heterocycles. The highest BCUT2D eigenvalue weighted by Gasteiger charge is 2.19. The van der Waals surface area contributed by atoms with E-state index in [1.165, 1.54) is 29.5 Å². The van der Waals surface area contributed by atoms with Gasteiger partial charge in [0.15, 0.2) is 0 Å². The molecule has 1 N–H and O–H groups in total. The zero-order chi connectivity index (χ0) is 18.0. The van der Waals surface area contributed by atoms with Gasteiger partial charge < -0.3 is 5.32 Å². The van der Waals surface area contributed by atoms with Crippen molar-refractivity contribution < 1.29 is 9.72 Å². The summed E-state index contributed by atoms with van der Waals surface area (Å²) in [6.07, 6.45) is 0. The monoisotopic (exact) mass is 417 g/mol. The first kappa shape index (κ1) is 17.2. The number of nitro benzene ring substituents is 1. The number of anilines is 1. The molecule has 0 saturated carbocycles. The molecular formula is C17H12BrN3O3S. The Morgan fingerprint density at radius 2 is 1.96 bits per heavy atom. The number of carbonyl (C=O) groups is 1. The van der Waals surface area contributed by atoms with Gasteiger partial charge in [-0.05, 0) is 34.5 Å². The molecule has 25 heavy (non-hydrogen) atoms. The number of aromatic nitrogens is 1. The predicted molar refractivity (Wildman–Crippen MR) is 101 cm³/mol. The van der Waals surface area contributed by atoms with Gasteiger partial charge in [-0.1, -0.05) is 30.3 Å². The molecule has 1 amide bonds. The van der Waals surface area contributed by atoms with Crippen molar-refractivity contribution >= 4 is 44.5 Å². The molecule has 126 valence electrons. The minimum absolute atomic E-state index is 0.0562. The van der Waals surface area contributed by atoms with Crippen molar-refractivity contribution in [1.29, 1.82) is 0 Å². The van der Waals surface area contributed by atoms with E-state index in [0.717, 1.165) is 15.4 Å². The van der Waals surface area contributed by atoms with Gasteiger partial charge in [-0.2, -0.15) is 0 Å². The number of halogens is 1. The first-order valence-corrected chi connectivity index (χ1v) is 8.85. The molecule has 3 rings (SSSR count). The molecule has 0 unspecified atom stereocenters. The quantitative estimate of drug-likeness (QED) is 0.475. The molecular weight excluding hydrogens is 406 g/mol. The summed E-state index contributed by atoms with van der Waals surface area (Å²) >= 11 is 4.69. The van der Waals surface area contributed by atoms with Crippen molar-refractivity contribution in [1.82, 2.24) is 4.98 Å². The Hall–Kier alpha value is -2.58. The van der Waals surface area contributed by atoms with Gasteiger partial charge in [0.1, 0.15) is 5.69 Å². The van der Waals surface area contributed by atoms with Gasteiger partial charge in [-0.25, -0.2) is 4.98 Å². The van der Waals surface area contributed by atoms with E-state index in [1.54, 1.807) is 0 Å². The molecule has 0 fully saturated rings. The number of carbonyl (C=O) groups excluding carboxylic acids is 1. The number of nitrogens with one attached hydrogen (secondary N) is 1. The maximum atomic E-state index is 12.7. The Morgan fingerprint density at radius 3 is 2.60 bits per heavy atom. The van der Waals surface area contributed by atoms with Gasteiger partial charge in [-0.3, -0.25) is 14.9 Å². The molecule has 0 aliphatic carbocycles. The molecule has 0 bridgehead atoms. The van der Waals surface area contributed by atoms with Crippen molar-refractivity contribution in [2.75, 3.05) is 5.32 Å². The van der Waals surface area contributed by atoms with Crippen LogP contribution in [0.4, 0.5) is 11.4 Å². The Labute approximate surface area is 155 Å². The van der Waals surface area contributed by atoms with Gasteiger partial charge in [0, 0.05) is 16.6 Å². The van der Waals surface area contributed by atoms with E-state index in [-0.39, 0.29) is 11.6 Å². The molecule has 2 aromatic carbocycles. The highest BCUT2D eigenvalue weighted by molar-refractivity contribution is 9.10. The summed E-state index contributed by atoms with van der Waals surface area (Å²) in [5.41, 5.74) is 1.64. The van der Waals surface area contributed by atoms with Crippen LogP contribution in [0.3, 0.4) is 0 Å². The number of hydrogen-bond donors (Lipinski definition) is 1. The number of nitrogens with zero attached hydrogens (tertiary/aromatic N) is 2. The number of amides is 1. The maximum absolute atomic E-state index is 12.7. The molecule has 6 nitrogen and oxygen atoms in total. The van der Waals surface area contributed by atoms with E-state index in [1.807, 2.05) is 37.3 Å². The lowest BCUT2D eigenvalue weighted by Gasteiger charge is -2.07. The number of nitro groups is 1. The van der Waals surface area contributed by atoms with E-state index in [2.05, 4.69) is 26.2 Å². The minimum Gasteiger partial charge on any atom is -0.320 e. The van der Waals surface area contributed by atoms with Crippen LogP contribution in [0.25, 0.3) is 10.4 Å². The van der Waals surface area contributed by atoms with Gasteiger partial charge in [-0.15, -0.1) is 11.3 Å². The zero-order valence-electron chi connectivity index (χ0n) is 13.0. The highest BCUT2D eigenvalue weighted by Crippen LogP contribution is 2.32. The van der Waals surface area contributed by atoms with E-state index >= 15 is 0 Å². The van der Waals surface area contributed by atoms with Crippen LogP contribution >= 0.6 is 27.3 Å². The Bertz CT molecular complexity index is 957. The van der Waals surface area contributed by atoms with E-state index in [0.29, 0.717) is 15.9 Å². The molecule has 0 spiro atoms. The maximum Gasteiger partial charge on any atom is 0.275 e. The largest absolute Gasteiger partial charge is 0.320 e. The van der Waals surface area contributed by atoms with Gasteiger partial charge in [0.2, 0.25) is 0 Å². The summed E-state index contributed by atoms with van der Waals surface area (Å²) in [6.45, 7) is 1.84. The summed E-state index contributed by atoms with van der Waals surface area (Å²) in [4.78, 5) is 28.1. The lowest BCUT2D eigenvalue weighted by Crippen LogP contribution is -2.14. The van der Waals surface area contributed by atoms with Crippen molar-refractivity contribution in [3.8, 4) is 10.4 Å². The average Bonchev–Trinajstić information content (AvgIpc) is 2.99. The van der Waals surface area contributed by atoms with Crippen molar-refractivity contribution in [3.63, 3.8) is 0 Å². The molecule has 0 aliphatic rings.